The number of ether oxygens (including phenoxy) is 3. The Morgan fingerprint density at radius 3 is 1.97 bits per heavy atom. The fourth-order valence-electron chi connectivity index (χ4n) is 4.19. The van der Waals surface area contributed by atoms with Crippen molar-refractivity contribution in [2.24, 2.45) is 0 Å². The summed E-state index contributed by atoms with van der Waals surface area (Å²) in [5.41, 5.74) is 3.20. The third-order valence-electron chi connectivity index (χ3n) is 5.74. The zero-order valence-electron chi connectivity index (χ0n) is 20.3. The van der Waals surface area contributed by atoms with E-state index in [2.05, 4.69) is 4.90 Å². The minimum absolute atomic E-state index is 0.0501. The summed E-state index contributed by atoms with van der Waals surface area (Å²) in [6, 6.07) is 11.4. The number of aromatic nitrogens is 2. The number of benzene rings is 2. The second-order valence-electron chi connectivity index (χ2n) is 8.00. The number of hydrogen-bond donors (Lipinski definition) is 0. The Kier molecular flexibility index (Phi) is 7.35. The molecule has 0 N–H and O–H groups in total. The third-order valence-corrected chi connectivity index (χ3v) is 5.74. The van der Waals surface area contributed by atoms with Gasteiger partial charge in [0.1, 0.15) is 0 Å². The van der Waals surface area contributed by atoms with Crippen LogP contribution in [0, 0.1) is 6.92 Å². The summed E-state index contributed by atoms with van der Waals surface area (Å²) in [4.78, 5) is 27.0. The molecule has 1 amide bonds. The molecule has 0 saturated carbocycles. The fourth-order valence-corrected chi connectivity index (χ4v) is 4.19. The van der Waals surface area contributed by atoms with Crippen LogP contribution in [0.2, 0.25) is 0 Å². The molecule has 0 unspecified atom stereocenters. The van der Waals surface area contributed by atoms with Crippen molar-refractivity contribution in [2.45, 2.75) is 27.7 Å². The number of carbonyl (C=O) groups is 1. The summed E-state index contributed by atoms with van der Waals surface area (Å²) in [7, 11) is 0. The lowest BCUT2D eigenvalue weighted by Crippen LogP contribution is -2.49. The SMILES string of the molecule is CCOc1cc(C(=O)N2CCN(c3nc4ccccc4nc3C)CC2)cc(OCC)c1OCC. The van der Waals surface area contributed by atoms with Crippen LogP contribution in [-0.4, -0.2) is 66.8 Å². The van der Waals surface area contributed by atoms with E-state index in [4.69, 9.17) is 24.2 Å². The van der Waals surface area contributed by atoms with Gasteiger partial charge < -0.3 is 24.0 Å². The highest BCUT2D eigenvalue weighted by Gasteiger charge is 2.26. The normalized spacial score (nSPS) is 13.8. The maximum Gasteiger partial charge on any atom is 0.254 e. The number of carbonyl (C=O) groups excluding carboxylic acids is 1. The van der Waals surface area contributed by atoms with Crippen LogP contribution in [0.1, 0.15) is 36.8 Å². The van der Waals surface area contributed by atoms with Crippen molar-refractivity contribution >= 4 is 22.8 Å². The molecule has 1 aromatic heterocycles. The molecule has 0 bridgehead atoms. The standard InChI is InChI=1S/C26H32N4O4/c1-5-32-22-16-19(17-23(33-6-2)24(22)34-7-3)26(31)30-14-12-29(13-15-30)25-18(4)27-20-10-8-9-11-21(20)28-25/h8-11,16-17H,5-7,12-15H2,1-4H3. The highest BCUT2D eigenvalue weighted by atomic mass is 16.5. The minimum atomic E-state index is -0.0501. The van der Waals surface area contributed by atoms with Gasteiger partial charge in [-0.15, -0.1) is 0 Å². The van der Waals surface area contributed by atoms with Crippen molar-refractivity contribution < 1.29 is 19.0 Å². The lowest BCUT2D eigenvalue weighted by molar-refractivity contribution is 0.0745. The minimum Gasteiger partial charge on any atom is -0.490 e. The van der Waals surface area contributed by atoms with E-state index in [1.807, 2.05) is 56.9 Å². The Bertz CT molecular complexity index is 1130. The topological polar surface area (TPSA) is 77.0 Å². The number of anilines is 1. The van der Waals surface area contributed by atoms with E-state index in [9.17, 15) is 4.79 Å². The van der Waals surface area contributed by atoms with E-state index < -0.39 is 0 Å². The van der Waals surface area contributed by atoms with Gasteiger partial charge >= 0.3 is 0 Å². The molecule has 1 saturated heterocycles. The van der Waals surface area contributed by atoms with E-state index in [0.29, 0.717) is 68.8 Å². The third kappa shape index (κ3) is 4.85. The summed E-state index contributed by atoms with van der Waals surface area (Å²) in [5, 5.41) is 0. The maximum atomic E-state index is 13.4. The lowest BCUT2D eigenvalue weighted by Gasteiger charge is -2.36. The lowest BCUT2D eigenvalue weighted by atomic mass is 10.1. The molecule has 1 aliphatic rings. The summed E-state index contributed by atoms with van der Waals surface area (Å²) < 4.78 is 17.3. The number of aryl methyl sites for hydroxylation is 1. The first-order valence-corrected chi connectivity index (χ1v) is 11.9. The molecule has 1 fully saturated rings. The van der Waals surface area contributed by atoms with E-state index >= 15 is 0 Å². The predicted octanol–water partition coefficient (Wildman–Crippen LogP) is 4.10. The number of hydrogen-bond acceptors (Lipinski definition) is 7. The average molecular weight is 465 g/mol. The van der Waals surface area contributed by atoms with E-state index in [0.717, 1.165) is 22.5 Å². The molecular formula is C26H32N4O4. The number of amides is 1. The predicted molar refractivity (Wildman–Crippen MR) is 132 cm³/mol. The molecule has 180 valence electrons. The quantitative estimate of drug-likeness (QED) is 0.497. The van der Waals surface area contributed by atoms with Gasteiger partial charge in [-0.3, -0.25) is 4.79 Å². The number of rotatable bonds is 8. The van der Waals surface area contributed by atoms with Gasteiger partial charge in [0.25, 0.3) is 5.91 Å². The molecule has 2 heterocycles. The molecule has 1 aliphatic heterocycles. The number of para-hydroxylation sites is 2. The van der Waals surface area contributed by atoms with E-state index in [-0.39, 0.29) is 5.91 Å². The Morgan fingerprint density at radius 2 is 1.41 bits per heavy atom. The van der Waals surface area contributed by atoms with Crippen molar-refractivity contribution in [1.82, 2.24) is 14.9 Å². The van der Waals surface area contributed by atoms with Gasteiger partial charge in [-0.1, -0.05) is 12.1 Å². The van der Waals surface area contributed by atoms with Crippen LogP contribution >= 0.6 is 0 Å². The average Bonchev–Trinajstić information content (AvgIpc) is 2.85. The van der Waals surface area contributed by atoms with Gasteiger partial charge in [-0.25, -0.2) is 9.97 Å². The molecular weight excluding hydrogens is 432 g/mol. The second kappa shape index (κ2) is 10.6. The van der Waals surface area contributed by atoms with Crippen molar-refractivity contribution in [3.8, 4) is 17.2 Å². The van der Waals surface area contributed by atoms with Gasteiger partial charge in [0.05, 0.1) is 36.5 Å². The first-order chi connectivity index (χ1) is 16.5. The van der Waals surface area contributed by atoms with Gasteiger partial charge in [0, 0.05) is 31.7 Å². The summed E-state index contributed by atoms with van der Waals surface area (Å²) in [6.45, 7) is 11.7. The summed E-state index contributed by atoms with van der Waals surface area (Å²) in [5.74, 6) is 2.42. The van der Waals surface area contributed by atoms with Crippen molar-refractivity contribution in [3.63, 3.8) is 0 Å². The van der Waals surface area contributed by atoms with Crippen LogP contribution in [0.4, 0.5) is 5.82 Å². The highest BCUT2D eigenvalue weighted by molar-refractivity contribution is 5.96. The molecule has 0 spiro atoms. The van der Waals surface area contributed by atoms with E-state index in [1.54, 1.807) is 12.1 Å². The van der Waals surface area contributed by atoms with Crippen LogP contribution in [0.15, 0.2) is 36.4 Å². The van der Waals surface area contributed by atoms with Crippen LogP contribution in [0.25, 0.3) is 11.0 Å². The molecule has 8 heteroatoms. The van der Waals surface area contributed by atoms with Crippen molar-refractivity contribution in [2.75, 3.05) is 50.9 Å². The number of piperazine rings is 1. The Labute approximate surface area is 200 Å². The van der Waals surface area contributed by atoms with E-state index in [1.165, 1.54) is 0 Å². The first kappa shape index (κ1) is 23.6. The van der Waals surface area contributed by atoms with Crippen LogP contribution in [0.3, 0.4) is 0 Å². The van der Waals surface area contributed by atoms with Crippen molar-refractivity contribution in [3.05, 3.63) is 47.7 Å². The molecule has 34 heavy (non-hydrogen) atoms. The molecule has 3 aromatic rings. The number of nitrogens with zero attached hydrogens (tertiary/aromatic N) is 4. The summed E-state index contributed by atoms with van der Waals surface area (Å²) >= 11 is 0. The van der Waals surface area contributed by atoms with Crippen LogP contribution in [-0.2, 0) is 0 Å². The second-order valence-corrected chi connectivity index (χ2v) is 8.00. The molecule has 2 aromatic carbocycles. The smallest absolute Gasteiger partial charge is 0.254 e. The van der Waals surface area contributed by atoms with Crippen LogP contribution in [0.5, 0.6) is 17.2 Å². The van der Waals surface area contributed by atoms with Crippen LogP contribution < -0.4 is 19.1 Å². The zero-order chi connectivity index (χ0) is 24.1. The van der Waals surface area contributed by atoms with Gasteiger partial charge in [0.2, 0.25) is 5.75 Å². The zero-order valence-corrected chi connectivity index (χ0v) is 20.3. The highest BCUT2D eigenvalue weighted by Crippen LogP contribution is 2.39. The number of fused-ring (bicyclic) bond motifs is 1. The molecule has 0 radical (unpaired) electrons. The maximum absolute atomic E-state index is 13.4. The summed E-state index contributed by atoms with van der Waals surface area (Å²) in [6.07, 6.45) is 0. The molecule has 4 rings (SSSR count). The molecule has 8 nitrogen and oxygen atoms in total. The largest absolute Gasteiger partial charge is 0.490 e. The van der Waals surface area contributed by atoms with Crippen molar-refractivity contribution in [1.29, 1.82) is 0 Å². The van der Waals surface area contributed by atoms with Gasteiger partial charge in [-0.05, 0) is 52.0 Å². The Hall–Kier alpha value is -3.55. The van der Waals surface area contributed by atoms with Gasteiger partial charge in [-0.2, -0.15) is 0 Å². The Morgan fingerprint density at radius 1 is 0.853 bits per heavy atom. The molecule has 0 aliphatic carbocycles. The fraction of sp³-hybridized carbons (Fsp3) is 0.423. The molecule has 0 atom stereocenters. The monoisotopic (exact) mass is 464 g/mol. The first-order valence-electron chi connectivity index (χ1n) is 11.9. The Balaban J connectivity index is 1.52. The van der Waals surface area contributed by atoms with Gasteiger partial charge in [0.15, 0.2) is 17.3 Å².